The first kappa shape index (κ1) is 12.9. The van der Waals surface area contributed by atoms with E-state index in [1.807, 2.05) is 0 Å². The van der Waals surface area contributed by atoms with E-state index in [-0.39, 0.29) is 12.2 Å². The van der Waals surface area contributed by atoms with E-state index in [0.29, 0.717) is 0 Å². The molecule has 0 aliphatic carbocycles. The Morgan fingerprint density at radius 1 is 1.59 bits per heavy atom. The maximum atomic E-state index is 12.6. The molecule has 0 bridgehead atoms. The number of carbonyl (C=O) groups excluding carboxylic acids is 1. The van der Waals surface area contributed by atoms with Gasteiger partial charge in [-0.15, -0.1) is 0 Å². The van der Waals surface area contributed by atoms with E-state index in [4.69, 9.17) is 5.26 Å². The topological polar surface area (TPSA) is 70.3 Å². The lowest BCUT2D eigenvalue weighted by Crippen LogP contribution is -2.06. The number of ether oxygens (including phenoxy) is 1. The highest BCUT2D eigenvalue weighted by molar-refractivity contribution is 5.90. The SMILES string of the molecule is CCOC(=O)c1cc(O)c(C#N)c(C(F)F)c1. The molecule has 17 heavy (non-hydrogen) atoms. The fraction of sp³-hybridized carbons (Fsp3) is 0.273. The number of nitriles is 1. The monoisotopic (exact) mass is 241 g/mol. The molecule has 0 amide bonds. The molecule has 0 atom stereocenters. The molecule has 1 N–H and O–H groups in total. The van der Waals surface area contributed by atoms with Crippen LogP contribution in [0.5, 0.6) is 5.75 Å². The Bertz CT molecular complexity index is 480. The van der Waals surface area contributed by atoms with Crippen LogP contribution in [-0.4, -0.2) is 17.7 Å². The summed E-state index contributed by atoms with van der Waals surface area (Å²) in [4.78, 5) is 11.3. The molecule has 0 heterocycles. The van der Waals surface area contributed by atoms with E-state index in [0.717, 1.165) is 12.1 Å². The fourth-order valence-corrected chi connectivity index (χ4v) is 1.27. The molecule has 0 saturated carbocycles. The van der Waals surface area contributed by atoms with Gasteiger partial charge in [-0.1, -0.05) is 0 Å². The van der Waals surface area contributed by atoms with Crippen LogP contribution in [0, 0.1) is 11.3 Å². The molecule has 0 fully saturated rings. The standard InChI is InChI=1S/C11H9F2NO3/c1-2-17-11(16)6-3-7(10(12)13)8(5-14)9(15)4-6/h3-4,10,15H,2H2,1H3. The number of benzene rings is 1. The second-order valence-electron chi connectivity index (χ2n) is 3.09. The molecule has 1 aromatic rings. The Kier molecular flexibility index (Phi) is 3.99. The van der Waals surface area contributed by atoms with Crippen LogP contribution < -0.4 is 0 Å². The third kappa shape index (κ3) is 2.69. The van der Waals surface area contributed by atoms with Crippen molar-refractivity contribution in [3.63, 3.8) is 0 Å². The minimum Gasteiger partial charge on any atom is -0.507 e. The summed E-state index contributed by atoms with van der Waals surface area (Å²) in [5.74, 6) is -1.48. The molecule has 0 radical (unpaired) electrons. The summed E-state index contributed by atoms with van der Waals surface area (Å²) in [6.45, 7) is 1.65. The predicted molar refractivity (Wildman–Crippen MR) is 53.7 cm³/mol. The Morgan fingerprint density at radius 2 is 2.24 bits per heavy atom. The summed E-state index contributed by atoms with van der Waals surface area (Å²) >= 11 is 0. The molecule has 1 rings (SSSR count). The van der Waals surface area contributed by atoms with Gasteiger partial charge in [-0.05, 0) is 19.1 Å². The summed E-state index contributed by atoms with van der Waals surface area (Å²) in [6.07, 6.45) is -2.95. The molecule has 1 aromatic carbocycles. The van der Waals surface area contributed by atoms with Crippen LogP contribution in [0.15, 0.2) is 12.1 Å². The largest absolute Gasteiger partial charge is 0.507 e. The van der Waals surface area contributed by atoms with Gasteiger partial charge < -0.3 is 9.84 Å². The van der Waals surface area contributed by atoms with Crippen LogP contribution in [0.4, 0.5) is 8.78 Å². The lowest BCUT2D eigenvalue weighted by Gasteiger charge is -2.08. The quantitative estimate of drug-likeness (QED) is 0.825. The van der Waals surface area contributed by atoms with Crippen LogP contribution in [0.25, 0.3) is 0 Å². The maximum absolute atomic E-state index is 12.6. The molecular formula is C11H9F2NO3. The predicted octanol–water partition coefficient (Wildman–Crippen LogP) is 2.38. The number of aromatic hydroxyl groups is 1. The van der Waals surface area contributed by atoms with E-state index in [9.17, 15) is 18.7 Å². The fourth-order valence-electron chi connectivity index (χ4n) is 1.27. The van der Waals surface area contributed by atoms with Crippen LogP contribution >= 0.6 is 0 Å². The molecule has 0 aliphatic rings. The van der Waals surface area contributed by atoms with Gasteiger partial charge in [-0.25, -0.2) is 13.6 Å². The number of nitrogens with zero attached hydrogens (tertiary/aromatic N) is 1. The third-order valence-corrected chi connectivity index (χ3v) is 2.01. The number of alkyl halides is 2. The first-order chi connectivity index (χ1) is 8.01. The van der Waals surface area contributed by atoms with Crippen molar-refractivity contribution in [1.29, 1.82) is 5.26 Å². The lowest BCUT2D eigenvalue weighted by atomic mass is 10.0. The number of esters is 1. The van der Waals surface area contributed by atoms with Gasteiger partial charge in [0.2, 0.25) is 0 Å². The van der Waals surface area contributed by atoms with Crippen molar-refractivity contribution >= 4 is 5.97 Å². The third-order valence-electron chi connectivity index (χ3n) is 2.01. The van der Waals surface area contributed by atoms with Gasteiger partial charge in [0.05, 0.1) is 12.2 Å². The molecule has 0 aromatic heterocycles. The first-order valence-electron chi connectivity index (χ1n) is 4.73. The Balaban J connectivity index is 3.30. The second-order valence-corrected chi connectivity index (χ2v) is 3.09. The minimum atomic E-state index is -2.95. The van der Waals surface area contributed by atoms with Crippen LogP contribution in [-0.2, 0) is 4.74 Å². The number of hydrogen-bond acceptors (Lipinski definition) is 4. The van der Waals surface area contributed by atoms with E-state index < -0.39 is 29.3 Å². The van der Waals surface area contributed by atoms with Crippen LogP contribution in [0.3, 0.4) is 0 Å². The summed E-state index contributed by atoms with van der Waals surface area (Å²) < 4.78 is 29.8. The number of rotatable bonds is 3. The highest BCUT2D eigenvalue weighted by Crippen LogP contribution is 2.30. The Labute approximate surface area is 96.0 Å². The van der Waals surface area contributed by atoms with Crippen molar-refractivity contribution in [3.8, 4) is 11.8 Å². The molecule has 90 valence electrons. The average Bonchev–Trinajstić information content (AvgIpc) is 2.28. The maximum Gasteiger partial charge on any atom is 0.338 e. The van der Waals surface area contributed by atoms with E-state index in [1.165, 1.54) is 6.07 Å². The van der Waals surface area contributed by atoms with Gasteiger partial charge in [-0.2, -0.15) is 5.26 Å². The number of carbonyl (C=O) groups is 1. The van der Waals surface area contributed by atoms with E-state index in [1.54, 1.807) is 6.92 Å². The molecule has 0 saturated heterocycles. The zero-order chi connectivity index (χ0) is 13.0. The normalized spacial score (nSPS) is 10.1. The number of phenolic OH excluding ortho intramolecular Hbond substituents is 1. The highest BCUT2D eigenvalue weighted by Gasteiger charge is 2.20. The number of halogens is 2. The number of phenols is 1. The van der Waals surface area contributed by atoms with Gasteiger partial charge in [0, 0.05) is 5.56 Å². The van der Waals surface area contributed by atoms with Crippen LogP contribution in [0.2, 0.25) is 0 Å². The molecule has 4 nitrogen and oxygen atoms in total. The molecule has 0 unspecified atom stereocenters. The molecule has 6 heteroatoms. The van der Waals surface area contributed by atoms with Crippen molar-refractivity contribution in [2.75, 3.05) is 6.61 Å². The molecule has 0 aliphatic heterocycles. The van der Waals surface area contributed by atoms with Crippen molar-refractivity contribution in [2.24, 2.45) is 0 Å². The van der Waals surface area contributed by atoms with Crippen molar-refractivity contribution in [2.45, 2.75) is 13.3 Å². The van der Waals surface area contributed by atoms with Gasteiger partial charge in [0.25, 0.3) is 6.43 Å². The summed E-state index contributed by atoms with van der Waals surface area (Å²) in [5.41, 5.74) is -1.43. The van der Waals surface area contributed by atoms with E-state index >= 15 is 0 Å². The highest BCUT2D eigenvalue weighted by atomic mass is 19.3. The van der Waals surface area contributed by atoms with Crippen LogP contribution in [0.1, 0.15) is 34.8 Å². The van der Waals surface area contributed by atoms with Crippen molar-refractivity contribution < 1.29 is 23.4 Å². The number of hydrogen-bond donors (Lipinski definition) is 1. The Morgan fingerprint density at radius 3 is 2.71 bits per heavy atom. The lowest BCUT2D eigenvalue weighted by molar-refractivity contribution is 0.0525. The Hall–Kier alpha value is -2.16. The van der Waals surface area contributed by atoms with Gasteiger partial charge in [0.1, 0.15) is 17.4 Å². The summed E-state index contributed by atoms with van der Waals surface area (Å²) in [6, 6.07) is 3.24. The minimum absolute atomic E-state index is 0.0869. The van der Waals surface area contributed by atoms with Gasteiger partial charge in [-0.3, -0.25) is 0 Å². The second kappa shape index (κ2) is 5.25. The molecule has 0 spiro atoms. The van der Waals surface area contributed by atoms with Gasteiger partial charge >= 0.3 is 5.97 Å². The zero-order valence-electron chi connectivity index (χ0n) is 8.91. The summed E-state index contributed by atoms with van der Waals surface area (Å²) in [7, 11) is 0. The van der Waals surface area contributed by atoms with Crippen molar-refractivity contribution in [3.05, 3.63) is 28.8 Å². The van der Waals surface area contributed by atoms with Crippen molar-refractivity contribution in [1.82, 2.24) is 0 Å². The average molecular weight is 241 g/mol. The first-order valence-corrected chi connectivity index (χ1v) is 4.73. The van der Waals surface area contributed by atoms with Gasteiger partial charge in [0.15, 0.2) is 0 Å². The zero-order valence-corrected chi connectivity index (χ0v) is 8.91. The molecular weight excluding hydrogens is 232 g/mol. The summed E-state index contributed by atoms with van der Waals surface area (Å²) in [5, 5.41) is 18.0. The smallest absolute Gasteiger partial charge is 0.338 e. The van der Waals surface area contributed by atoms with E-state index in [2.05, 4.69) is 4.74 Å².